The van der Waals surface area contributed by atoms with Crippen molar-refractivity contribution in [2.45, 2.75) is 39.3 Å². The van der Waals surface area contributed by atoms with Crippen LogP contribution in [-0.2, 0) is 6.54 Å². The summed E-state index contributed by atoms with van der Waals surface area (Å²) in [6.45, 7) is 8.23. The van der Waals surface area contributed by atoms with Gasteiger partial charge in [0, 0.05) is 23.8 Å². The van der Waals surface area contributed by atoms with Crippen molar-refractivity contribution in [3.8, 4) is 0 Å². The normalized spacial score (nSPS) is 11.7. The average molecular weight is 329 g/mol. The molecule has 0 heterocycles. The highest BCUT2D eigenvalue weighted by Gasteiger charge is 2.24. The molecular formula is C15H25BrN2O. The molecule has 0 radical (unpaired) electrons. The molecule has 3 nitrogen and oxygen atoms in total. The van der Waals surface area contributed by atoms with Gasteiger partial charge in [0.15, 0.2) is 0 Å². The smallest absolute Gasteiger partial charge is 0.0658 e. The quantitative estimate of drug-likeness (QED) is 0.755. The summed E-state index contributed by atoms with van der Waals surface area (Å²) in [6.07, 6.45) is 1.13. The fourth-order valence-corrected chi connectivity index (χ4v) is 2.18. The summed E-state index contributed by atoms with van der Waals surface area (Å²) in [5, 5.41) is 13.0. The summed E-state index contributed by atoms with van der Waals surface area (Å²) >= 11 is 3.53. The Bertz CT molecular complexity index is 407. The number of rotatable bonds is 7. The van der Waals surface area contributed by atoms with E-state index < -0.39 is 0 Å². The molecule has 0 aliphatic rings. The summed E-state index contributed by atoms with van der Waals surface area (Å²) in [6, 6.07) is 6.30. The zero-order chi connectivity index (χ0) is 14.5. The minimum Gasteiger partial charge on any atom is -0.394 e. The van der Waals surface area contributed by atoms with Crippen molar-refractivity contribution in [3.63, 3.8) is 0 Å². The van der Waals surface area contributed by atoms with Gasteiger partial charge in [-0.25, -0.2) is 0 Å². The van der Waals surface area contributed by atoms with E-state index in [1.165, 1.54) is 5.56 Å². The molecule has 0 aromatic heterocycles. The lowest BCUT2D eigenvalue weighted by molar-refractivity contribution is 0.216. The van der Waals surface area contributed by atoms with Crippen LogP contribution in [0.5, 0.6) is 0 Å². The number of aliphatic hydroxyl groups excluding tert-OH is 1. The van der Waals surface area contributed by atoms with E-state index in [1.807, 2.05) is 20.9 Å². The number of benzene rings is 1. The molecule has 1 aromatic rings. The molecule has 108 valence electrons. The van der Waals surface area contributed by atoms with Crippen molar-refractivity contribution in [3.05, 3.63) is 28.2 Å². The van der Waals surface area contributed by atoms with Crippen LogP contribution >= 0.6 is 15.9 Å². The van der Waals surface area contributed by atoms with Gasteiger partial charge in [-0.05, 0) is 44.5 Å². The molecule has 0 fully saturated rings. The second-order valence-corrected chi connectivity index (χ2v) is 6.40. The predicted molar refractivity (Wildman–Crippen MR) is 85.7 cm³/mol. The Hall–Kier alpha value is -0.580. The Balaban J connectivity index is 2.99. The standard InChI is InChI=1S/C15H25BrN2O/c1-5-8-17-10-12-6-7-13(16)9-14(12)18(4)15(2,3)11-19/h6-7,9,17,19H,5,8,10-11H2,1-4H3. The maximum Gasteiger partial charge on any atom is 0.0658 e. The van der Waals surface area contributed by atoms with Crippen molar-refractivity contribution in [2.24, 2.45) is 0 Å². The van der Waals surface area contributed by atoms with Crippen LogP contribution < -0.4 is 10.2 Å². The van der Waals surface area contributed by atoms with Gasteiger partial charge in [0.05, 0.1) is 12.1 Å². The maximum atomic E-state index is 9.53. The minimum absolute atomic E-state index is 0.123. The summed E-state index contributed by atoms with van der Waals surface area (Å²) in [7, 11) is 2.03. The third-order valence-electron chi connectivity index (χ3n) is 3.45. The summed E-state index contributed by atoms with van der Waals surface area (Å²) in [5.41, 5.74) is 2.12. The molecule has 1 aromatic carbocycles. The van der Waals surface area contributed by atoms with E-state index in [0.29, 0.717) is 0 Å². The molecule has 0 aliphatic heterocycles. The molecule has 1 rings (SSSR count). The van der Waals surface area contributed by atoms with E-state index in [2.05, 4.69) is 51.3 Å². The molecule has 0 amide bonds. The Labute approximate surface area is 125 Å². The zero-order valence-electron chi connectivity index (χ0n) is 12.3. The molecule has 19 heavy (non-hydrogen) atoms. The number of hydrogen-bond acceptors (Lipinski definition) is 3. The topological polar surface area (TPSA) is 35.5 Å². The molecule has 4 heteroatoms. The Morgan fingerprint density at radius 1 is 1.37 bits per heavy atom. The lowest BCUT2D eigenvalue weighted by Gasteiger charge is -2.37. The van der Waals surface area contributed by atoms with Gasteiger partial charge in [-0.3, -0.25) is 0 Å². The second-order valence-electron chi connectivity index (χ2n) is 5.48. The third-order valence-corrected chi connectivity index (χ3v) is 3.94. The van der Waals surface area contributed by atoms with E-state index in [1.54, 1.807) is 0 Å². The van der Waals surface area contributed by atoms with Crippen LogP contribution in [0.1, 0.15) is 32.8 Å². The van der Waals surface area contributed by atoms with Crippen LogP contribution in [-0.4, -0.2) is 30.8 Å². The number of anilines is 1. The molecule has 0 unspecified atom stereocenters. The lowest BCUT2D eigenvalue weighted by Crippen LogP contribution is -2.45. The van der Waals surface area contributed by atoms with Gasteiger partial charge < -0.3 is 15.3 Å². The summed E-state index contributed by atoms with van der Waals surface area (Å²) < 4.78 is 1.06. The molecule has 0 spiro atoms. The van der Waals surface area contributed by atoms with Crippen LogP contribution in [0.2, 0.25) is 0 Å². The molecule has 0 saturated heterocycles. The molecule has 0 bridgehead atoms. The van der Waals surface area contributed by atoms with Crippen LogP contribution in [0, 0.1) is 0 Å². The SMILES string of the molecule is CCCNCc1ccc(Br)cc1N(C)C(C)(C)CO. The Kier molecular flexibility index (Phi) is 6.30. The first kappa shape index (κ1) is 16.5. The first-order valence-corrected chi connectivity index (χ1v) is 7.55. The second kappa shape index (κ2) is 7.27. The van der Waals surface area contributed by atoms with Crippen molar-refractivity contribution in [1.29, 1.82) is 0 Å². The first-order valence-electron chi connectivity index (χ1n) is 6.76. The number of nitrogens with zero attached hydrogens (tertiary/aromatic N) is 1. The van der Waals surface area contributed by atoms with Gasteiger partial charge in [0.25, 0.3) is 0 Å². The van der Waals surface area contributed by atoms with Crippen molar-refractivity contribution in [2.75, 3.05) is 25.1 Å². The largest absolute Gasteiger partial charge is 0.394 e. The predicted octanol–water partition coefficient (Wildman–Crippen LogP) is 3.16. The zero-order valence-corrected chi connectivity index (χ0v) is 13.9. The van der Waals surface area contributed by atoms with Crippen molar-refractivity contribution < 1.29 is 5.11 Å². The van der Waals surface area contributed by atoms with E-state index >= 15 is 0 Å². The van der Waals surface area contributed by atoms with Gasteiger partial charge in [0.1, 0.15) is 0 Å². The van der Waals surface area contributed by atoms with Crippen LogP contribution in [0.4, 0.5) is 5.69 Å². The number of nitrogens with one attached hydrogen (secondary N) is 1. The monoisotopic (exact) mass is 328 g/mol. The highest BCUT2D eigenvalue weighted by atomic mass is 79.9. The summed E-state index contributed by atoms with van der Waals surface area (Å²) in [4.78, 5) is 2.14. The number of hydrogen-bond donors (Lipinski definition) is 2. The van der Waals surface area contributed by atoms with Crippen LogP contribution in [0.15, 0.2) is 22.7 Å². The molecule has 0 aliphatic carbocycles. The fourth-order valence-electron chi connectivity index (χ4n) is 1.83. The number of halogens is 1. The highest BCUT2D eigenvalue weighted by Crippen LogP contribution is 2.29. The van der Waals surface area contributed by atoms with Gasteiger partial charge in [0.2, 0.25) is 0 Å². The van der Waals surface area contributed by atoms with Crippen LogP contribution in [0.25, 0.3) is 0 Å². The van der Waals surface area contributed by atoms with E-state index in [0.717, 1.165) is 29.7 Å². The molecule has 0 atom stereocenters. The molecule has 0 saturated carbocycles. The Morgan fingerprint density at radius 3 is 2.63 bits per heavy atom. The fraction of sp³-hybridized carbons (Fsp3) is 0.600. The van der Waals surface area contributed by atoms with Crippen LogP contribution in [0.3, 0.4) is 0 Å². The molecule has 2 N–H and O–H groups in total. The Morgan fingerprint density at radius 2 is 2.05 bits per heavy atom. The van der Waals surface area contributed by atoms with Gasteiger partial charge in [-0.2, -0.15) is 0 Å². The van der Waals surface area contributed by atoms with Gasteiger partial charge in [-0.1, -0.05) is 28.9 Å². The average Bonchev–Trinajstić information content (AvgIpc) is 2.39. The number of aliphatic hydroxyl groups is 1. The van der Waals surface area contributed by atoms with Crippen molar-refractivity contribution >= 4 is 21.6 Å². The van der Waals surface area contributed by atoms with E-state index in [-0.39, 0.29) is 12.1 Å². The van der Waals surface area contributed by atoms with E-state index in [4.69, 9.17) is 0 Å². The van der Waals surface area contributed by atoms with Gasteiger partial charge >= 0.3 is 0 Å². The lowest BCUT2D eigenvalue weighted by atomic mass is 10.0. The third kappa shape index (κ3) is 4.48. The van der Waals surface area contributed by atoms with Crippen molar-refractivity contribution in [1.82, 2.24) is 5.32 Å². The van der Waals surface area contributed by atoms with Gasteiger partial charge in [-0.15, -0.1) is 0 Å². The minimum atomic E-state index is -0.277. The first-order chi connectivity index (χ1) is 8.92. The van der Waals surface area contributed by atoms with E-state index in [9.17, 15) is 5.11 Å². The summed E-state index contributed by atoms with van der Waals surface area (Å²) in [5.74, 6) is 0. The highest BCUT2D eigenvalue weighted by molar-refractivity contribution is 9.10. The molecular weight excluding hydrogens is 304 g/mol. The number of likely N-dealkylation sites (N-methyl/N-ethyl adjacent to an activating group) is 1. The maximum absolute atomic E-state index is 9.53.